The lowest BCUT2D eigenvalue weighted by molar-refractivity contribution is 0.101. The van der Waals surface area contributed by atoms with Crippen molar-refractivity contribution in [3.05, 3.63) is 77.3 Å². The van der Waals surface area contributed by atoms with Gasteiger partial charge in [-0.15, -0.1) is 0 Å². The number of amides is 1. The van der Waals surface area contributed by atoms with Crippen LogP contribution in [0.4, 0.5) is 15.8 Å². The maximum absolute atomic E-state index is 14.1. The minimum atomic E-state index is -0.991. The molecule has 0 bridgehead atoms. The Hall–Kier alpha value is -3.99. The van der Waals surface area contributed by atoms with Crippen molar-refractivity contribution in [2.75, 3.05) is 11.1 Å². The van der Waals surface area contributed by atoms with Gasteiger partial charge in [0.25, 0.3) is 5.91 Å². The number of nitrogens with one attached hydrogen (secondary N) is 2. The molecule has 0 aliphatic carbocycles. The van der Waals surface area contributed by atoms with Gasteiger partial charge in [-0.05, 0) is 30.3 Å². The number of carbonyl (C=O) groups excluding carboxylic acids is 1. The number of nitrogens with zero attached hydrogens (tertiary/aromatic N) is 2. The molecule has 0 saturated heterocycles. The molecule has 1 amide bonds. The van der Waals surface area contributed by atoms with Crippen LogP contribution >= 0.6 is 0 Å². The van der Waals surface area contributed by atoms with Crippen LogP contribution in [0, 0.1) is 22.6 Å². The van der Waals surface area contributed by atoms with E-state index in [0.29, 0.717) is 22.5 Å². The number of nitrogen functional groups attached to an aromatic ring is 1. The molecule has 0 aliphatic rings. The van der Waals surface area contributed by atoms with Crippen LogP contribution in [0.2, 0.25) is 0 Å². The molecule has 0 aliphatic heterocycles. The second-order valence-electron chi connectivity index (χ2n) is 5.28. The minimum absolute atomic E-state index is 0.114. The number of hydrogen-bond acceptors (Lipinski definition) is 6. The molecule has 7 nitrogen and oxygen atoms in total. The van der Waals surface area contributed by atoms with Crippen LogP contribution in [0.3, 0.4) is 0 Å². The molecule has 8 heteroatoms. The molecule has 0 saturated carbocycles. The van der Waals surface area contributed by atoms with E-state index >= 15 is 0 Å². The molecule has 3 aromatic rings. The average molecular weight is 349 g/mol. The molecular weight excluding hydrogens is 337 g/mol. The summed E-state index contributed by atoms with van der Waals surface area (Å²) in [4.78, 5) is 16.0. The second-order valence-corrected chi connectivity index (χ2v) is 5.28. The van der Waals surface area contributed by atoms with Crippen LogP contribution in [-0.4, -0.2) is 16.6 Å². The highest BCUT2D eigenvalue weighted by Crippen LogP contribution is 2.22. The van der Waals surface area contributed by atoms with Crippen molar-refractivity contribution in [2.45, 2.75) is 0 Å². The Bertz CT molecular complexity index is 1040. The number of furan rings is 1. The summed E-state index contributed by atoms with van der Waals surface area (Å²) in [5.41, 5.74) is 6.80. The van der Waals surface area contributed by atoms with E-state index in [0.717, 1.165) is 0 Å². The fourth-order valence-electron chi connectivity index (χ4n) is 2.29. The van der Waals surface area contributed by atoms with Gasteiger partial charge in [-0.2, -0.15) is 5.26 Å². The van der Waals surface area contributed by atoms with E-state index in [2.05, 4.69) is 10.3 Å². The molecule has 0 spiro atoms. The Morgan fingerprint density at radius 3 is 2.85 bits per heavy atom. The second kappa shape index (κ2) is 6.86. The summed E-state index contributed by atoms with van der Waals surface area (Å²) in [5, 5.41) is 19.5. The van der Waals surface area contributed by atoms with Crippen LogP contribution < -0.4 is 11.1 Å². The van der Waals surface area contributed by atoms with Gasteiger partial charge in [0.1, 0.15) is 6.07 Å². The molecule has 4 N–H and O–H groups in total. The summed E-state index contributed by atoms with van der Waals surface area (Å²) in [6.07, 6.45) is 4.02. The van der Waals surface area contributed by atoms with E-state index < -0.39 is 17.4 Å². The Balaban J connectivity index is 1.90. The first-order valence-corrected chi connectivity index (χ1v) is 7.38. The molecule has 1 aromatic carbocycles. The molecule has 26 heavy (non-hydrogen) atoms. The highest BCUT2D eigenvalue weighted by Gasteiger charge is 2.18. The van der Waals surface area contributed by atoms with Crippen LogP contribution in [0.5, 0.6) is 0 Å². The molecule has 2 heterocycles. The van der Waals surface area contributed by atoms with Gasteiger partial charge in [-0.3, -0.25) is 10.2 Å². The lowest BCUT2D eigenvalue weighted by Gasteiger charge is -2.10. The number of aromatic nitrogens is 1. The van der Waals surface area contributed by atoms with E-state index in [9.17, 15) is 9.18 Å². The van der Waals surface area contributed by atoms with Crippen LogP contribution in [0.25, 0.3) is 0 Å². The van der Waals surface area contributed by atoms with Gasteiger partial charge in [0.05, 0.1) is 23.8 Å². The van der Waals surface area contributed by atoms with E-state index in [1.807, 2.05) is 0 Å². The minimum Gasteiger partial charge on any atom is -0.472 e. The molecule has 2 aromatic heterocycles. The Labute approximate surface area is 147 Å². The number of nitrogens with two attached hydrogens (primary N) is 1. The summed E-state index contributed by atoms with van der Waals surface area (Å²) in [6.45, 7) is 0. The number of pyridine rings is 1. The summed E-state index contributed by atoms with van der Waals surface area (Å²) >= 11 is 0. The summed E-state index contributed by atoms with van der Waals surface area (Å²) in [5.74, 6) is -1.81. The number of anilines is 2. The molecule has 128 valence electrons. The van der Waals surface area contributed by atoms with Crippen molar-refractivity contribution in [3.8, 4) is 6.07 Å². The predicted molar refractivity (Wildman–Crippen MR) is 92.4 cm³/mol. The van der Waals surface area contributed by atoms with E-state index in [1.54, 1.807) is 12.1 Å². The molecule has 3 rings (SSSR count). The Morgan fingerprint density at radius 1 is 1.35 bits per heavy atom. The van der Waals surface area contributed by atoms with Gasteiger partial charge in [0.15, 0.2) is 11.5 Å². The number of nitriles is 1. The quantitative estimate of drug-likeness (QED) is 0.492. The first-order chi connectivity index (χ1) is 12.5. The molecule has 0 atom stereocenters. The highest BCUT2D eigenvalue weighted by molar-refractivity contribution is 6.14. The van der Waals surface area contributed by atoms with Gasteiger partial charge >= 0.3 is 0 Å². The predicted octanol–water partition coefficient (Wildman–Crippen LogP) is 2.94. The van der Waals surface area contributed by atoms with Gasteiger partial charge in [-0.1, -0.05) is 0 Å². The van der Waals surface area contributed by atoms with Crippen LogP contribution in [-0.2, 0) is 0 Å². The monoisotopic (exact) mass is 349 g/mol. The number of carbonyl (C=O) groups is 1. The van der Waals surface area contributed by atoms with Gasteiger partial charge in [0, 0.05) is 28.7 Å². The summed E-state index contributed by atoms with van der Waals surface area (Å²) < 4.78 is 19.0. The fourth-order valence-corrected chi connectivity index (χ4v) is 2.29. The SMILES string of the molecule is N#Cc1ccnc(C(=O)Nc2ccc(N)c(C(=N)c3ccoc3)c2)c1F. The molecule has 0 unspecified atom stereocenters. The van der Waals surface area contributed by atoms with Crippen molar-refractivity contribution in [1.29, 1.82) is 10.7 Å². The zero-order valence-corrected chi connectivity index (χ0v) is 13.3. The first kappa shape index (κ1) is 16.9. The standard InChI is InChI=1S/C18H12FN5O2/c19-15-10(8-20)3-5-23-17(15)18(25)24-12-1-2-14(21)13(7-12)16(22)11-4-6-26-9-11/h1-7,9,22H,21H2,(H,24,25). The van der Waals surface area contributed by atoms with Gasteiger partial charge in [0.2, 0.25) is 0 Å². The Kier molecular flexibility index (Phi) is 4.45. The number of halogens is 1. The lowest BCUT2D eigenvalue weighted by Crippen LogP contribution is -2.17. The lowest BCUT2D eigenvalue weighted by atomic mass is 10.0. The van der Waals surface area contributed by atoms with Crippen LogP contribution in [0.15, 0.2) is 53.5 Å². The van der Waals surface area contributed by atoms with Gasteiger partial charge < -0.3 is 15.5 Å². The van der Waals surface area contributed by atoms with Gasteiger partial charge in [-0.25, -0.2) is 9.37 Å². The van der Waals surface area contributed by atoms with E-state index in [1.165, 1.54) is 43.0 Å². The van der Waals surface area contributed by atoms with Crippen molar-refractivity contribution in [3.63, 3.8) is 0 Å². The maximum atomic E-state index is 14.1. The zero-order valence-electron chi connectivity index (χ0n) is 13.3. The number of rotatable bonds is 4. The third-order valence-corrected chi connectivity index (χ3v) is 3.62. The first-order valence-electron chi connectivity index (χ1n) is 7.38. The van der Waals surface area contributed by atoms with E-state index in [-0.39, 0.29) is 11.3 Å². The molecule has 0 radical (unpaired) electrons. The fraction of sp³-hybridized carbons (Fsp3) is 0. The maximum Gasteiger partial charge on any atom is 0.277 e. The topological polar surface area (TPSA) is 129 Å². The van der Waals surface area contributed by atoms with Crippen molar-refractivity contribution < 1.29 is 13.6 Å². The average Bonchev–Trinajstić information content (AvgIpc) is 3.17. The third-order valence-electron chi connectivity index (χ3n) is 3.62. The summed E-state index contributed by atoms with van der Waals surface area (Å²) in [6, 6.07) is 8.98. The normalized spacial score (nSPS) is 10.2. The zero-order chi connectivity index (χ0) is 18.7. The largest absolute Gasteiger partial charge is 0.472 e. The third kappa shape index (κ3) is 3.14. The van der Waals surface area contributed by atoms with E-state index in [4.69, 9.17) is 20.8 Å². The number of benzene rings is 1. The number of hydrogen-bond donors (Lipinski definition) is 3. The molecule has 0 fully saturated rings. The van der Waals surface area contributed by atoms with Crippen LogP contribution in [0.1, 0.15) is 27.2 Å². The summed E-state index contributed by atoms with van der Waals surface area (Å²) in [7, 11) is 0. The van der Waals surface area contributed by atoms with Crippen molar-refractivity contribution >= 4 is 23.0 Å². The molecular formula is C18H12FN5O2. The Morgan fingerprint density at radius 2 is 2.15 bits per heavy atom. The van der Waals surface area contributed by atoms with Crippen molar-refractivity contribution in [1.82, 2.24) is 4.98 Å². The highest BCUT2D eigenvalue weighted by atomic mass is 19.1. The smallest absolute Gasteiger partial charge is 0.277 e. The van der Waals surface area contributed by atoms with Crippen molar-refractivity contribution in [2.24, 2.45) is 0 Å².